The molecule has 1 N–H and O–H groups in total. The van der Waals surface area contributed by atoms with Crippen molar-refractivity contribution in [3.8, 4) is 5.75 Å². The van der Waals surface area contributed by atoms with Crippen LogP contribution in [0.25, 0.3) is 0 Å². The molecule has 17 heavy (non-hydrogen) atoms. The van der Waals surface area contributed by atoms with Crippen LogP contribution in [0.3, 0.4) is 0 Å². The van der Waals surface area contributed by atoms with Gasteiger partial charge in [-0.25, -0.2) is 0 Å². The summed E-state index contributed by atoms with van der Waals surface area (Å²) in [7, 11) is 0. The van der Waals surface area contributed by atoms with Crippen molar-refractivity contribution in [2.45, 2.75) is 49.8 Å². The second kappa shape index (κ2) is 7.93. The van der Waals surface area contributed by atoms with Gasteiger partial charge in [-0.15, -0.1) is 23.5 Å². The highest BCUT2D eigenvalue weighted by Gasteiger charge is 2.10. The molecule has 0 spiro atoms. The number of thioether (sulfide) groups is 2. The molecule has 0 aliphatic heterocycles. The van der Waals surface area contributed by atoms with Crippen LogP contribution < -0.4 is 0 Å². The van der Waals surface area contributed by atoms with Crippen molar-refractivity contribution in [1.82, 2.24) is 0 Å². The zero-order valence-corrected chi connectivity index (χ0v) is 12.6. The van der Waals surface area contributed by atoms with Gasteiger partial charge in [-0.3, -0.25) is 0 Å². The van der Waals surface area contributed by atoms with E-state index in [9.17, 15) is 5.11 Å². The molecule has 1 aromatic carbocycles. The fraction of sp³-hybridized carbons (Fsp3) is 0.571. The molecule has 0 bridgehead atoms. The minimum absolute atomic E-state index is 0.476. The summed E-state index contributed by atoms with van der Waals surface area (Å²) in [5.74, 6) is 2.48. The number of aromatic hydroxyl groups is 1. The Morgan fingerprint density at radius 3 is 1.94 bits per heavy atom. The molecule has 0 saturated carbocycles. The lowest BCUT2D eigenvalue weighted by atomic mass is 10.1. The van der Waals surface area contributed by atoms with Crippen molar-refractivity contribution in [3.63, 3.8) is 0 Å². The van der Waals surface area contributed by atoms with Gasteiger partial charge in [-0.1, -0.05) is 27.2 Å². The van der Waals surface area contributed by atoms with Crippen molar-refractivity contribution < 1.29 is 5.11 Å². The van der Waals surface area contributed by atoms with E-state index in [1.807, 2.05) is 0 Å². The number of benzene rings is 1. The summed E-state index contributed by atoms with van der Waals surface area (Å²) in [5, 5.41) is 10.2. The summed E-state index contributed by atoms with van der Waals surface area (Å²) in [6, 6.07) is 4.30. The van der Waals surface area contributed by atoms with Crippen LogP contribution in [0.15, 0.2) is 21.9 Å². The van der Waals surface area contributed by atoms with Crippen molar-refractivity contribution in [2.75, 3.05) is 11.5 Å². The van der Waals surface area contributed by atoms with Crippen molar-refractivity contribution in [3.05, 3.63) is 17.7 Å². The van der Waals surface area contributed by atoms with Gasteiger partial charge in [0, 0.05) is 0 Å². The van der Waals surface area contributed by atoms with E-state index >= 15 is 0 Å². The molecule has 96 valence electrons. The molecule has 0 saturated heterocycles. The summed E-state index contributed by atoms with van der Waals surface area (Å²) in [6.07, 6.45) is 3.55. The van der Waals surface area contributed by atoms with Crippen LogP contribution in [0.2, 0.25) is 0 Å². The Balaban J connectivity index is 2.98. The first-order valence-electron chi connectivity index (χ1n) is 6.34. The molecule has 0 amide bonds. The second-order valence-corrected chi connectivity index (χ2v) is 6.52. The quantitative estimate of drug-likeness (QED) is 0.707. The maximum atomic E-state index is 10.2. The van der Waals surface area contributed by atoms with Gasteiger partial charge < -0.3 is 5.11 Å². The van der Waals surface area contributed by atoms with E-state index in [4.69, 9.17) is 0 Å². The molecule has 0 fully saturated rings. The smallest absolute Gasteiger partial charge is 0.142 e. The Hall–Kier alpha value is -0.280. The summed E-state index contributed by atoms with van der Waals surface area (Å²) in [5.41, 5.74) is 1.36. The van der Waals surface area contributed by atoms with E-state index in [-0.39, 0.29) is 0 Å². The Kier molecular flexibility index (Phi) is 6.90. The lowest BCUT2D eigenvalue weighted by molar-refractivity contribution is 0.448. The number of rotatable bonds is 7. The molecule has 0 heterocycles. The molecule has 0 aliphatic carbocycles. The largest absolute Gasteiger partial charge is 0.506 e. The molecule has 0 aromatic heterocycles. The lowest BCUT2D eigenvalue weighted by Crippen LogP contribution is -1.89. The molecular weight excluding hydrogens is 248 g/mol. The van der Waals surface area contributed by atoms with Crippen LogP contribution in [-0.2, 0) is 6.42 Å². The number of hydrogen-bond donors (Lipinski definition) is 1. The Morgan fingerprint density at radius 2 is 1.53 bits per heavy atom. The van der Waals surface area contributed by atoms with Crippen molar-refractivity contribution in [1.29, 1.82) is 0 Å². The summed E-state index contributed by atoms with van der Waals surface area (Å²) >= 11 is 3.45. The highest BCUT2D eigenvalue weighted by molar-refractivity contribution is 8.00. The Morgan fingerprint density at radius 1 is 1.00 bits per heavy atom. The third kappa shape index (κ3) is 4.47. The molecule has 0 radical (unpaired) electrons. The minimum Gasteiger partial charge on any atom is -0.506 e. The first-order chi connectivity index (χ1) is 8.22. The SMILES string of the molecule is CCCCc1cc(SCC)c(O)c(SCC)c1. The van der Waals surface area contributed by atoms with Crippen LogP contribution in [-0.4, -0.2) is 16.6 Å². The first kappa shape index (κ1) is 14.8. The van der Waals surface area contributed by atoms with Crippen LogP contribution >= 0.6 is 23.5 Å². The first-order valence-corrected chi connectivity index (χ1v) is 8.31. The van der Waals surface area contributed by atoms with Crippen LogP contribution in [0.4, 0.5) is 0 Å². The number of aryl methyl sites for hydroxylation is 1. The summed E-state index contributed by atoms with van der Waals surface area (Å²) < 4.78 is 0. The van der Waals surface area contributed by atoms with Crippen LogP contribution in [0.1, 0.15) is 39.2 Å². The number of phenols is 1. The molecule has 3 heteroatoms. The third-order valence-electron chi connectivity index (χ3n) is 2.52. The minimum atomic E-state index is 0.476. The maximum absolute atomic E-state index is 10.2. The predicted molar refractivity (Wildman–Crippen MR) is 79.5 cm³/mol. The molecule has 0 aliphatic rings. The van der Waals surface area contributed by atoms with Gasteiger partial charge in [-0.05, 0) is 42.0 Å². The molecule has 1 aromatic rings. The van der Waals surface area contributed by atoms with E-state index in [0.717, 1.165) is 27.7 Å². The van der Waals surface area contributed by atoms with Gasteiger partial charge in [0.1, 0.15) is 5.75 Å². The third-order valence-corrected chi connectivity index (χ3v) is 4.34. The van der Waals surface area contributed by atoms with Crippen LogP contribution in [0, 0.1) is 0 Å². The Bertz CT molecular complexity index is 323. The Labute approximate surface area is 113 Å². The molecule has 1 nitrogen and oxygen atoms in total. The molecule has 0 atom stereocenters. The van der Waals surface area contributed by atoms with Gasteiger partial charge in [0.2, 0.25) is 0 Å². The highest BCUT2D eigenvalue weighted by atomic mass is 32.2. The predicted octanol–water partition coefficient (Wildman–Crippen LogP) is 4.96. The highest BCUT2D eigenvalue weighted by Crippen LogP contribution is 2.38. The second-order valence-electron chi connectivity index (χ2n) is 3.91. The van der Waals surface area contributed by atoms with E-state index in [0.29, 0.717) is 5.75 Å². The topological polar surface area (TPSA) is 20.2 Å². The fourth-order valence-corrected chi connectivity index (χ4v) is 3.34. The summed E-state index contributed by atoms with van der Waals surface area (Å²) in [4.78, 5) is 2.08. The van der Waals surface area contributed by atoms with Gasteiger partial charge in [0.25, 0.3) is 0 Å². The molecular formula is C14H22OS2. The van der Waals surface area contributed by atoms with Crippen molar-refractivity contribution in [2.24, 2.45) is 0 Å². The van der Waals surface area contributed by atoms with E-state index in [1.165, 1.54) is 18.4 Å². The zero-order chi connectivity index (χ0) is 12.7. The van der Waals surface area contributed by atoms with Gasteiger partial charge in [0.05, 0.1) is 9.79 Å². The van der Waals surface area contributed by atoms with Gasteiger partial charge in [-0.2, -0.15) is 0 Å². The lowest BCUT2D eigenvalue weighted by Gasteiger charge is -2.11. The van der Waals surface area contributed by atoms with Crippen molar-refractivity contribution >= 4 is 23.5 Å². The zero-order valence-electron chi connectivity index (χ0n) is 11.0. The average molecular weight is 270 g/mol. The normalized spacial score (nSPS) is 10.8. The number of unbranched alkanes of at least 4 members (excludes halogenated alkanes) is 1. The van der Waals surface area contributed by atoms with Gasteiger partial charge in [0.15, 0.2) is 0 Å². The maximum Gasteiger partial charge on any atom is 0.142 e. The van der Waals surface area contributed by atoms with E-state index in [1.54, 1.807) is 23.5 Å². The van der Waals surface area contributed by atoms with Gasteiger partial charge >= 0.3 is 0 Å². The van der Waals surface area contributed by atoms with E-state index < -0.39 is 0 Å². The van der Waals surface area contributed by atoms with Crippen LogP contribution in [0.5, 0.6) is 5.75 Å². The fourth-order valence-electron chi connectivity index (χ4n) is 1.69. The average Bonchev–Trinajstić information content (AvgIpc) is 2.32. The molecule has 1 rings (SSSR count). The van der Waals surface area contributed by atoms with E-state index in [2.05, 4.69) is 32.9 Å². The monoisotopic (exact) mass is 270 g/mol. The summed E-state index contributed by atoms with van der Waals surface area (Å²) in [6.45, 7) is 6.45. The number of phenolic OH excluding ortho intramolecular Hbond substituents is 1. The molecule has 0 unspecified atom stereocenters. The standard InChI is InChI=1S/C14H22OS2/c1-4-7-8-11-9-12(16-5-2)14(15)13(10-11)17-6-3/h9-10,15H,4-8H2,1-3H3. The number of hydrogen-bond acceptors (Lipinski definition) is 3.